The highest BCUT2D eigenvalue weighted by atomic mass is 31.2. The van der Waals surface area contributed by atoms with Crippen molar-refractivity contribution in [1.82, 2.24) is 0 Å². The van der Waals surface area contributed by atoms with Crippen molar-refractivity contribution in [1.29, 1.82) is 0 Å². The molecule has 55 heavy (non-hydrogen) atoms. The molecule has 11 nitrogen and oxygen atoms in total. The largest absolute Gasteiger partial charge is 0.472 e. The Morgan fingerprint density at radius 2 is 1.20 bits per heavy atom. The lowest BCUT2D eigenvalue weighted by Crippen LogP contribution is -2.29. The molecule has 0 aromatic heterocycles. The Bertz CT molecular complexity index is 1210. The van der Waals surface area contributed by atoms with Gasteiger partial charge >= 0.3 is 19.8 Å². The molecule has 0 heterocycles. The van der Waals surface area contributed by atoms with Crippen molar-refractivity contribution in [3.8, 4) is 0 Å². The number of esters is 2. The number of aliphatic hydroxyl groups is 2. The molecule has 0 saturated heterocycles. The van der Waals surface area contributed by atoms with Crippen molar-refractivity contribution in [2.75, 3.05) is 26.4 Å². The van der Waals surface area contributed by atoms with Crippen LogP contribution < -0.4 is 5.73 Å². The quantitative estimate of drug-likeness (QED) is 0.0157. The monoisotopic (exact) mass is 793 g/mol. The van der Waals surface area contributed by atoms with E-state index in [1.54, 1.807) is 36.5 Å². The number of allylic oxidation sites excluding steroid dienone is 11. The van der Waals surface area contributed by atoms with E-state index in [-0.39, 0.29) is 32.6 Å². The summed E-state index contributed by atoms with van der Waals surface area (Å²) in [4.78, 5) is 34.8. The lowest BCUT2D eigenvalue weighted by atomic mass is 10.1. The molecule has 0 bridgehead atoms. The second kappa shape index (κ2) is 38.0. The Hall–Kier alpha value is -2.89. The van der Waals surface area contributed by atoms with Gasteiger partial charge in [-0.2, -0.15) is 0 Å². The number of carbonyl (C=O) groups excluding carboxylic acids is 2. The highest BCUT2D eigenvalue weighted by Crippen LogP contribution is 2.43. The summed E-state index contributed by atoms with van der Waals surface area (Å²) >= 11 is 0. The van der Waals surface area contributed by atoms with Crippen LogP contribution in [0.25, 0.3) is 0 Å². The highest BCUT2D eigenvalue weighted by molar-refractivity contribution is 7.47. The number of nitrogens with two attached hydrogens (primary N) is 1. The molecule has 0 rings (SSSR count). The first-order valence-electron chi connectivity index (χ1n) is 20.3. The number of unbranched alkanes of at least 4 members (excludes halogenated alkanes) is 8. The predicted molar refractivity (Wildman–Crippen MR) is 222 cm³/mol. The molecule has 0 spiro atoms. The number of phosphoric ester groups is 1. The summed E-state index contributed by atoms with van der Waals surface area (Å²) in [5, 5.41) is 20.2. The smallest absolute Gasteiger partial charge is 0.462 e. The molecule has 4 atom stereocenters. The molecule has 5 N–H and O–H groups in total. The molecule has 0 amide bonds. The molecule has 0 aliphatic rings. The van der Waals surface area contributed by atoms with Crippen LogP contribution in [0, 0.1) is 0 Å². The predicted octanol–water partition coefficient (Wildman–Crippen LogP) is 9.21. The molecule has 0 saturated carbocycles. The van der Waals surface area contributed by atoms with Gasteiger partial charge in [0.2, 0.25) is 0 Å². The molecule has 0 radical (unpaired) electrons. The minimum atomic E-state index is -4.45. The Labute approximate surface area is 331 Å². The van der Waals surface area contributed by atoms with Crippen LogP contribution in [0.3, 0.4) is 0 Å². The van der Waals surface area contributed by atoms with E-state index in [0.29, 0.717) is 25.7 Å². The fourth-order valence-electron chi connectivity index (χ4n) is 4.83. The van der Waals surface area contributed by atoms with Gasteiger partial charge in [0, 0.05) is 19.4 Å². The molecule has 0 aromatic rings. The van der Waals surface area contributed by atoms with Gasteiger partial charge in [-0.3, -0.25) is 18.6 Å². The molecule has 0 aliphatic carbocycles. The number of carbonyl (C=O) groups is 2. The van der Waals surface area contributed by atoms with Gasteiger partial charge in [0.15, 0.2) is 6.10 Å². The molecule has 0 aromatic carbocycles. The maximum Gasteiger partial charge on any atom is 0.472 e. The second-order valence-electron chi connectivity index (χ2n) is 13.2. The van der Waals surface area contributed by atoms with Gasteiger partial charge in [-0.25, -0.2) is 4.57 Å². The van der Waals surface area contributed by atoms with Crippen LogP contribution in [0.15, 0.2) is 85.1 Å². The Balaban J connectivity index is 4.55. The van der Waals surface area contributed by atoms with Crippen LogP contribution in [0.2, 0.25) is 0 Å². The zero-order chi connectivity index (χ0) is 40.7. The van der Waals surface area contributed by atoms with E-state index < -0.39 is 44.7 Å². The van der Waals surface area contributed by atoms with Crippen molar-refractivity contribution in [3.05, 3.63) is 85.1 Å². The number of rotatable bonds is 36. The van der Waals surface area contributed by atoms with Gasteiger partial charge in [-0.05, 0) is 77.0 Å². The fraction of sp³-hybridized carbons (Fsp3) is 0.628. The number of aliphatic hydroxyl groups excluding tert-OH is 2. The SMILES string of the molecule is CCCCC/C=C\C/C=C\C/C=C\CCCCC(=O)O[C@H](COC(=O)CCC[C@H](O)\C=C/C=C/C=C/[C@H](O)C/C=C\CCCCC)COP(=O)(O)OCCN. The maximum atomic E-state index is 12.5. The van der Waals surface area contributed by atoms with Crippen LogP contribution in [0.5, 0.6) is 0 Å². The Morgan fingerprint density at radius 3 is 1.80 bits per heavy atom. The van der Waals surface area contributed by atoms with Crippen molar-refractivity contribution < 1.29 is 47.8 Å². The zero-order valence-corrected chi connectivity index (χ0v) is 34.5. The number of ether oxygens (including phenoxy) is 2. The number of hydrogen-bond donors (Lipinski definition) is 4. The van der Waals surface area contributed by atoms with Gasteiger partial charge in [0.1, 0.15) is 6.61 Å². The van der Waals surface area contributed by atoms with Crippen molar-refractivity contribution >= 4 is 19.8 Å². The Morgan fingerprint density at radius 1 is 0.655 bits per heavy atom. The van der Waals surface area contributed by atoms with Gasteiger partial charge in [0.05, 0.1) is 25.4 Å². The normalized spacial score (nSPS) is 15.4. The van der Waals surface area contributed by atoms with E-state index in [0.717, 1.165) is 38.5 Å². The van der Waals surface area contributed by atoms with E-state index in [9.17, 15) is 29.3 Å². The summed E-state index contributed by atoms with van der Waals surface area (Å²) in [5.74, 6) is -1.13. The molecule has 0 aliphatic heterocycles. The topological polar surface area (TPSA) is 175 Å². The maximum absolute atomic E-state index is 12.5. The second-order valence-corrected chi connectivity index (χ2v) is 14.6. The third kappa shape index (κ3) is 37.8. The van der Waals surface area contributed by atoms with Gasteiger partial charge < -0.3 is 30.3 Å². The number of phosphoric acid groups is 1. The lowest BCUT2D eigenvalue weighted by molar-refractivity contribution is -0.161. The van der Waals surface area contributed by atoms with Gasteiger partial charge in [0.25, 0.3) is 0 Å². The van der Waals surface area contributed by atoms with Crippen LogP contribution in [-0.4, -0.2) is 71.7 Å². The van der Waals surface area contributed by atoms with E-state index in [1.165, 1.54) is 38.5 Å². The first-order valence-corrected chi connectivity index (χ1v) is 21.8. The summed E-state index contributed by atoms with van der Waals surface area (Å²) in [7, 11) is -4.45. The third-order valence-corrected chi connectivity index (χ3v) is 8.93. The van der Waals surface area contributed by atoms with Crippen LogP contribution in [0.1, 0.15) is 129 Å². The first kappa shape index (κ1) is 52.1. The van der Waals surface area contributed by atoms with Crippen molar-refractivity contribution in [2.24, 2.45) is 5.73 Å². The standard InChI is InChI=1S/C43H72NO10P/c1-3-5-7-9-11-12-13-14-15-16-17-18-19-21-27-33-43(48)54-41(38-53-55(49,50)52-36-35-44)37-51-42(47)34-28-32-40(46)31-26-23-22-25-30-39(45)29-24-20-10-8-6-4-2/h11-12,14-15,17-18,20,22-26,30-31,39-41,45-46H,3-10,13,16,19,21,27-29,32-38,44H2,1-2H3,(H,49,50)/b12-11-,15-14-,18-17-,23-22+,24-20-,30-25+,31-26-/t39-,40-,41-/m1/s1. The summed E-state index contributed by atoms with van der Waals surface area (Å²) in [6.07, 6.45) is 39.6. The zero-order valence-electron chi connectivity index (χ0n) is 33.6. The molecule has 12 heteroatoms. The third-order valence-electron chi connectivity index (χ3n) is 7.94. The number of hydrogen-bond acceptors (Lipinski definition) is 10. The van der Waals surface area contributed by atoms with Crippen LogP contribution in [-0.2, 0) is 32.7 Å². The average Bonchev–Trinajstić information content (AvgIpc) is 3.16. The lowest BCUT2D eigenvalue weighted by Gasteiger charge is -2.20. The average molecular weight is 794 g/mol. The van der Waals surface area contributed by atoms with Crippen LogP contribution >= 0.6 is 7.82 Å². The molecule has 1 unspecified atom stereocenters. The van der Waals surface area contributed by atoms with E-state index in [2.05, 4.69) is 56.4 Å². The minimum absolute atomic E-state index is 0.00747. The summed E-state index contributed by atoms with van der Waals surface area (Å²) in [6, 6.07) is 0. The molecular weight excluding hydrogens is 721 g/mol. The Kier molecular flexibility index (Phi) is 36.0. The summed E-state index contributed by atoms with van der Waals surface area (Å²) in [5.41, 5.74) is 5.32. The first-order chi connectivity index (χ1) is 26.6. The van der Waals surface area contributed by atoms with E-state index in [1.807, 2.05) is 6.08 Å². The molecular formula is C43H72NO10P. The van der Waals surface area contributed by atoms with Crippen LogP contribution in [0.4, 0.5) is 0 Å². The fourth-order valence-corrected chi connectivity index (χ4v) is 5.60. The van der Waals surface area contributed by atoms with Gasteiger partial charge in [-0.15, -0.1) is 0 Å². The van der Waals surface area contributed by atoms with Gasteiger partial charge in [-0.1, -0.05) is 125 Å². The van der Waals surface area contributed by atoms with Crippen molar-refractivity contribution in [2.45, 2.75) is 148 Å². The summed E-state index contributed by atoms with van der Waals surface area (Å²) < 4.78 is 32.5. The highest BCUT2D eigenvalue weighted by Gasteiger charge is 2.26. The molecule has 314 valence electrons. The summed E-state index contributed by atoms with van der Waals surface area (Å²) in [6.45, 7) is 3.28. The minimum Gasteiger partial charge on any atom is -0.462 e. The van der Waals surface area contributed by atoms with E-state index >= 15 is 0 Å². The van der Waals surface area contributed by atoms with Crippen molar-refractivity contribution in [3.63, 3.8) is 0 Å². The molecule has 0 fully saturated rings. The van der Waals surface area contributed by atoms with E-state index in [4.69, 9.17) is 24.3 Å².